The Balaban J connectivity index is 2.26. The summed E-state index contributed by atoms with van der Waals surface area (Å²) in [6.07, 6.45) is 1.17. The van der Waals surface area contributed by atoms with E-state index in [0.717, 1.165) is 0 Å². The van der Waals surface area contributed by atoms with Gasteiger partial charge in [0.2, 0.25) is 5.28 Å². The van der Waals surface area contributed by atoms with Crippen LogP contribution in [0.3, 0.4) is 0 Å². The number of rotatable bonds is 2. The molecule has 0 aliphatic carbocycles. The van der Waals surface area contributed by atoms with E-state index < -0.39 is 0 Å². The third kappa shape index (κ3) is 2.53. The van der Waals surface area contributed by atoms with Crippen molar-refractivity contribution in [3.05, 3.63) is 40.8 Å². The van der Waals surface area contributed by atoms with Crippen molar-refractivity contribution in [1.29, 1.82) is 0 Å². The van der Waals surface area contributed by atoms with Gasteiger partial charge in [-0.05, 0) is 35.9 Å². The van der Waals surface area contributed by atoms with Crippen molar-refractivity contribution in [2.45, 2.75) is 0 Å². The maximum Gasteiger partial charge on any atom is 0.266 e. The van der Waals surface area contributed by atoms with Crippen LogP contribution in [0.1, 0.15) is 0 Å². The van der Waals surface area contributed by atoms with E-state index in [1.165, 1.54) is 6.20 Å². The highest BCUT2D eigenvalue weighted by molar-refractivity contribution is 6.30. The van der Waals surface area contributed by atoms with Crippen molar-refractivity contribution in [2.75, 3.05) is 0 Å². The quantitative estimate of drug-likeness (QED) is 0.838. The summed E-state index contributed by atoms with van der Waals surface area (Å²) in [5, 5.41) is 10.0. The molecular weight excluding hydrogens is 251 g/mol. The summed E-state index contributed by atoms with van der Waals surface area (Å²) in [7, 11) is 0. The average molecular weight is 257 g/mol. The highest BCUT2D eigenvalue weighted by atomic mass is 35.5. The Morgan fingerprint density at radius 1 is 1.12 bits per heavy atom. The summed E-state index contributed by atoms with van der Waals surface area (Å²) >= 11 is 11.3. The van der Waals surface area contributed by atoms with Crippen molar-refractivity contribution in [3.63, 3.8) is 0 Å². The first kappa shape index (κ1) is 11.0. The maximum atomic E-state index is 9.42. The second kappa shape index (κ2) is 4.55. The van der Waals surface area contributed by atoms with E-state index in [-0.39, 0.29) is 16.9 Å². The van der Waals surface area contributed by atoms with Crippen LogP contribution in [-0.2, 0) is 0 Å². The zero-order valence-electron chi connectivity index (χ0n) is 7.89. The van der Waals surface area contributed by atoms with Gasteiger partial charge in [-0.25, -0.2) is 4.98 Å². The van der Waals surface area contributed by atoms with E-state index in [1.807, 2.05) is 0 Å². The molecule has 0 amide bonds. The molecule has 4 nitrogen and oxygen atoms in total. The molecule has 0 aliphatic rings. The smallest absolute Gasteiger partial charge is 0.266 e. The Morgan fingerprint density at radius 2 is 1.81 bits per heavy atom. The number of benzene rings is 1. The molecule has 1 heterocycles. The summed E-state index contributed by atoms with van der Waals surface area (Å²) in [6.45, 7) is 0. The van der Waals surface area contributed by atoms with E-state index in [9.17, 15) is 5.11 Å². The van der Waals surface area contributed by atoms with E-state index in [4.69, 9.17) is 27.9 Å². The predicted octanol–water partition coefficient (Wildman–Crippen LogP) is 3.28. The molecule has 1 aromatic carbocycles. The standard InChI is InChI=1S/C10H6Cl2N2O2/c11-6-1-3-7(4-2-6)16-9-8(15)5-13-10(12)14-9/h1-5,15H. The fraction of sp³-hybridized carbons (Fsp3) is 0. The molecule has 0 fully saturated rings. The zero-order chi connectivity index (χ0) is 11.5. The minimum Gasteiger partial charge on any atom is -0.502 e. The Bertz CT molecular complexity index is 503. The molecule has 1 N–H and O–H groups in total. The molecule has 0 saturated carbocycles. The van der Waals surface area contributed by atoms with Crippen molar-refractivity contribution >= 4 is 23.2 Å². The second-order valence-electron chi connectivity index (χ2n) is 2.89. The first-order valence-electron chi connectivity index (χ1n) is 4.30. The molecule has 0 aliphatic heterocycles. The van der Waals surface area contributed by atoms with Gasteiger partial charge in [0.15, 0.2) is 5.75 Å². The van der Waals surface area contributed by atoms with E-state index in [1.54, 1.807) is 24.3 Å². The van der Waals surface area contributed by atoms with Crippen molar-refractivity contribution < 1.29 is 9.84 Å². The number of aromatic nitrogens is 2. The Labute approximate surface area is 101 Å². The van der Waals surface area contributed by atoms with Crippen LogP contribution >= 0.6 is 23.2 Å². The number of halogens is 2. The molecule has 6 heteroatoms. The lowest BCUT2D eigenvalue weighted by molar-refractivity contribution is 0.395. The molecule has 2 aromatic rings. The van der Waals surface area contributed by atoms with Gasteiger partial charge in [0.25, 0.3) is 5.88 Å². The van der Waals surface area contributed by atoms with Gasteiger partial charge < -0.3 is 9.84 Å². The lowest BCUT2D eigenvalue weighted by Crippen LogP contribution is -1.90. The van der Waals surface area contributed by atoms with Crippen molar-refractivity contribution in [3.8, 4) is 17.4 Å². The van der Waals surface area contributed by atoms with Gasteiger partial charge in [0.05, 0.1) is 6.20 Å². The van der Waals surface area contributed by atoms with Crippen LogP contribution in [0.15, 0.2) is 30.5 Å². The van der Waals surface area contributed by atoms with E-state index in [2.05, 4.69) is 9.97 Å². The van der Waals surface area contributed by atoms with E-state index in [0.29, 0.717) is 10.8 Å². The molecular formula is C10H6Cl2N2O2. The molecule has 0 atom stereocenters. The maximum absolute atomic E-state index is 9.42. The molecule has 0 bridgehead atoms. The van der Waals surface area contributed by atoms with Gasteiger partial charge in [-0.2, -0.15) is 4.98 Å². The number of hydrogen-bond acceptors (Lipinski definition) is 4. The summed E-state index contributed by atoms with van der Waals surface area (Å²) in [6, 6.07) is 6.63. The number of nitrogens with zero attached hydrogens (tertiary/aromatic N) is 2. The summed E-state index contributed by atoms with van der Waals surface area (Å²) in [5.41, 5.74) is 0. The van der Waals surface area contributed by atoms with Crippen LogP contribution in [0, 0.1) is 0 Å². The highest BCUT2D eigenvalue weighted by Gasteiger charge is 2.07. The monoisotopic (exact) mass is 256 g/mol. The average Bonchev–Trinajstić information content (AvgIpc) is 2.27. The SMILES string of the molecule is Oc1cnc(Cl)nc1Oc1ccc(Cl)cc1. The van der Waals surface area contributed by atoms with Crippen LogP contribution in [0.4, 0.5) is 0 Å². The molecule has 0 saturated heterocycles. The third-order valence-electron chi connectivity index (χ3n) is 1.73. The van der Waals surface area contributed by atoms with Gasteiger partial charge in [-0.3, -0.25) is 0 Å². The highest BCUT2D eigenvalue weighted by Crippen LogP contribution is 2.28. The summed E-state index contributed by atoms with van der Waals surface area (Å²) < 4.78 is 5.30. The van der Waals surface area contributed by atoms with Gasteiger partial charge in [-0.15, -0.1) is 0 Å². The normalized spacial score (nSPS) is 10.1. The minimum atomic E-state index is -0.181. The molecule has 1 aromatic heterocycles. The van der Waals surface area contributed by atoms with Gasteiger partial charge in [-0.1, -0.05) is 11.6 Å². The van der Waals surface area contributed by atoms with Gasteiger partial charge >= 0.3 is 0 Å². The van der Waals surface area contributed by atoms with Crippen molar-refractivity contribution in [1.82, 2.24) is 9.97 Å². The lowest BCUT2D eigenvalue weighted by atomic mass is 10.3. The number of aromatic hydroxyl groups is 1. The molecule has 0 radical (unpaired) electrons. The molecule has 82 valence electrons. The van der Waals surface area contributed by atoms with Crippen LogP contribution < -0.4 is 4.74 Å². The van der Waals surface area contributed by atoms with Crippen LogP contribution in [0.5, 0.6) is 17.4 Å². The van der Waals surface area contributed by atoms with Crippen molar-refractivity contribution in [2.24, 2.45) is 0 Å². The first-order chi connectivity index (χ1) is 7.65. The number of hydrogen-bond donors (Lipinski definition) is 1. The first-order valence-corrected chi connectivity index (χ1v) is 5.05. The second-order valence-corrected chi connectivity index (χ2v) is 3.66. The van der Waals surface area contributed by atoms with Crippen LogP contribution in [0.25, 0.3) is 0 Å². The predicted molar refractivity (Wildman–Crippen MR) is 60.2 cm³/mol. The topological polar surface area (TPSA) is 55.2 Å². The van der Waals surface area contributed by atoms with Gasteiger partial charge in [0.1, 0.15) is 5.75 Å². The summed E-state index contributed by atoms with van der Waals surface area (Å²) in [5.74, 6) is 0.316. The zero-order valence-corrected chi connectivity index (χ0v) is 9.40. The molecule has 0 unspecified atom stereocenters. The van der Waals surface area contributed by atoms with Crippen LogP contribution in [0.2, 0.25) is 10.3 Å². The van der Waals surface area contributed by atoms with E-state index >= 15 is 0 Å². The Kier molecular flexibility index (Phi) is 3.12. The Morgan fingerprint density at radius 3 is 2.50 bits per heavy atom. The lowest BCUT2D eigenvalue weighted by Gasteiger charge is -2.05. The number of ether oxygens (including phenoxy) is 1. The van der Waals surface area contributed by atoms with Crippen LogP contribution in [-0.4, -0.2) is 15.1 Å². The largest absolute Gasteiger partial charge is 0.502 e. The van der Waals surface area contributed by atoms with Gasteiger partial charge in [0, 0.05) is 5.02 Å². The fourth-order valence-electron chi connectivity index (χ4n) is 1.03. The fourth-order valence-corrected chi connectivity index (χ4v) is 1.28. The molecule has 0 spiro atoms. The molecule has 16 heavy (non-hydrogen) atoms. The Hall–Kier alpha value is -1.52. The summed E-state index contributed by atoms with van der Waals surface area (Å²) in [4.78, 5) is 7.34. The minimum absolute atomic E-state index is 0.00163. The molecule has 2 rings (SSSR count). The third-order valence-corrected chi connectivity index (χ3v) is 2.17.